The van der Waals surface area contributed by atoms with E-state index in [0.29, 0.717) is 12.8 Å². The summed E-state index contributed by atoms with van der Waals surface area (Å²) in [6.45, 7) is 2.06. The highest BCUT2D eigenvalue weighted by Crippen LogP contribution is 2.31. The van der Waals surface area contributed by atoms with Crippen LogP contribution in [0.1, 0.15) is 50.4 Å². The van der Waals surface area contributed by atoms with Gasteiger partial charge in [0.15, 0.2) is 0 Å². The lowest BCUT2D eigenvalue weighted by Crippen LogP contribution is -2.39. The number of hydrogen-bond donors (Lipinski definition) is 1. The maximum Gasteiger partial charge on any atom is 0.140 e. The number of carbonyl (C=O) groups is 1. The van der Waals surface area contributed by atoms with Gasteiger partial charge < -0.3 is 5.73 Å². The lowest BCUT2D eigenvalue weighted by Gasteiger charge is -2.22. The second-order valence-electron chi connectivity index (χ2n) is 5.65. The van der Waals surface area contributed by atoms with Gasteiger partial charge in [-0.05, 0) is 35.2 Å². The number of nitrogens with zero attached hydrogens (tertiary/aromatic N) is 2. The molecule has 5 heteroatoms. The molecule has 0 saturated heterocycles. The molecule has 4 nitrogen and oxygen atoms in total. The van der Waals surface area contributed by atoms with Gasteiger partial charge in [-0.25, -0.2) is 0 Å². The molecule has 1 aromatic rings. The van der Waals surface area contributed by atoms with E-state index in [0.717, 1.165) is 48.0 Å². The minimum Gasteiger partial charge on any atom is -0.325 e. The molecule has 0 amide bonds. The molecule has 1 fully saturated rings. The summed E-state index contributed by atoms with van der Waals surface area (Å²) in [5.41, 5.74) is 7.98. The van der Waals surface area contributed by atoms with Crippen molar-refractivity contribution in [3.63, 3.8) is 0 Å². The Hall–Kier alpha value is -0.680. The van der Waals surface area contributed by atoms with E-state index < -0.39 is 0 Å². The summed E-state index contributed by atoms with van der Waals surface area (Å²) < 4.78 is 2.78. The van der Waals surface area contributed by atoms with Crippen LogP contribution in [0.25, 0.3) is 0 Å². The molecule has 19 heavy (non-hydrogen) atoms. The molecular formula is C14H22BrN3O. The van der Waals surface area contributed by atoms with Crippen LogP contribution in [0, 0.1) is 0 Å². The third-order valence-corrected chi connectivity index (χ3v) is 4.93. The summed E-state index contributed by atoms with van der Waals surface area (Å²) in [5, 5.41) is 4.42. The average molecular weight is 328 g/mol. The summed E-state index contributed by atoms with van der Waals surface area (Å²) >= 11 is 3.55. The maximum absolute atomic E-state index is 12.2. The zero-order chi connectivity index (χ0) is 14.0. The molecule has 0 radical (unpaired) electrons. The third-order valence-electron chi connectivity index (χ3n) is 4.02. The van der Waals surface area contributed by atoms with Crippen molar-refractivity contribution in [2.24, 2.45) is 12.8 Å². The SMILES string of the molecule is CCc1nn(C)c(CC(=O)CC2(N)CCCC2)c1Br. The van der Waals surface area contributed by atoms with Crippen LogP contribution in [0.15, 0.2) is 4.47 Å². The van der Waals surface area contributed by atoms with Gasteiger partial charge in [-0.15, -0.1) is 0 Å². The standard InChI is InChI=1S/C14H22BrN3O/c1-3-11-13(15)12(18(2)17-11)8-10(19)9-14(16)6-4-5-7-14/h3-9,16H2,1-2H3. The molecule has 1 saturated carbocycles. The van der Waals surface area contributed by atoms with E-state index >= 15 is 0 Å². The summed E-state index contributed by atoms with van der Waals surface area (Å²) in [6.07, 6.45) is 6.04. The first-order valence-electron chi connectivity index (χ1n) is 6.96. The summed E-state index contributed by atoms with van der Waals surface area (Å²) in [4.78, 5) is 12.2. The summed E-state index contributed by atoms with van der Waals surface area (Å²) in [5.74, 6) is 0.218. The third kappa shape index (κ3) is 3.26. The fourth-order valence-electron chi connectivity index (χ4n) is 2.91. The predicted molar refractivity (Wildman–Crippen MR) is 79.0 cm³/mol. The fourth-order valence-corrected chi connectivity index (χ4v) is 3.67. The number of halogens is 1. The Kier molecular flexibility index (Phi) is 4.46. The van der Waals surface area contributed by atoms with E-state index in [-0.39, 0.29) is 11.3 Å². The van der Waals surface area contributed by atoms with Crippen molar-refractivity contribution in [3.05, 3.63) is 15.9 Å². The van der Waals surface area contributed by atoms with E-state index in [1.165, 1.54) is 0 Å². The Morgan fingerprint density at radius 3 is 2.63 bits per heavy atom. The summed E-state index contributed by atoms with van der Waals surface area (Å²) in [7, 11) is 1.89. The van der Waals surface area contributed by atoms with Gasteiger partial charge in [-0.3, -0.25) is 9.48 Å². The van der Waals surface area contributed by atoms with Crippen LogP contribution in [0.2, 0.25) is 0 Å². The maximum atomic E-state index is 12.2. The van der Waals surface area contributed by atoms with Crippen molar-refractivity contribution in [2.45, 2.75) is 57.4 Å². The van der Waals surface area contributed by atoms with Gasteiger partial charge in [-0.2, -0.15) is 5.10 Å². The first-order chi connectivity index (χ1) is 8.95. The highest BCUT2D eigenvalue weighted by atomic mass is 79.9. The molecule has 2 rings (SSSR count). The minimum atomic E-state index is -0.254. The predicted octanol–water partition coefficient (Wildman–Crippen LogP) is 2.52. The Bertz CT molecular complexity index is 475. The topological polar surface area (TPSA) is 60.9 Å². The molecule has 0 spiro atoms. The molecule has 2 N–H and O–H groups in total. The van der Waals surface area contributed by atoms with Crippen LogP contribution in [0.4, 0.5) is 0 Å². The largest absolute Gasteiger partial charge is 0.325 e. The molecule has 1 aliphatic carbocycles. The Morgan fingerprint density at radius 2 is 2.11 bits per heavy atom. The van der Waals surface area contributed by atoms with Crippen LogP contribution >= 0.6 is 15.9 Å². The van der Waals surface area contributed by atoms with E-state index in [1.54, 1.807) is 4.68 Å². The number of nitrogens with two attached hydrogens (primary N) is 1. The first kappa shape index (κ1) is 14.7. The number of ketones is 1. The average Bonchev–Trinajstić information content (AvgIpc) is 2.87. The fraction of sp³-hybridized carbons (Fsp3) is 0.714. The van der Waals surface area contributed by atoms with Gasteiger partial charge in [0, 0.05) is 25.4 Å². The second-order valence-corrected chi connectivity index (χ2v) is 6.44. The highest BCUT2D eigenvalue weighted by molar-refractivity contribution is 9.10. The lowest BCUT2D eigenvalue weighted by atomic mass is 9.91. The second kappa shape index (κ2) is 5.75. The number of carbonyl (C=O) groups excluding carboxylic acids is 1. The van der Waals surface area contributed by atoms with E-state index in [4.69, 9.17) is 5.73 Å². The molecule has 0 bridgehead atoms. The number of aromatic nitrogens is 2. The molecule has 106 valence electrons. The van der Waals surface area contributed by atoms with Gasteiger partial charge in [0.25, 0.3) is 0 Å². The van der Waals surface area contributed by atoms with Crippen molar-refractivity contribution >= 4 is 21.7 Å². The molecule has 1 aliphatic rings. The molecular weight excluding hydrogens is 306 g/mol. The number of aryl methyl sites for hydroxylation is 2. The Balaban J connectivity index is 2.05. The van der Waals surface area contributed by atoms with Gasteiger partial charge in [-0.1, -0.05) is 19.8 Å². The van der Waals surface area contributed by atoms with Gasteiger partial charge in [0.2, 0.25) is 0 Å². The molecule has 1 heterocycles. The molecule has 0 aromatic carbocycles. The molecule has 0 unspecified atom stereocenters. The molecule has 0 atom stereocenters. The van der Waals surface area contributed by atoms with Crippen LogP contribution in [0.5, 0.6) is 0 Å². The normalized spacial score (nSPS) is 17.9. The van der Waals surface area contributed by atoms with E-state index in [1.807, 2.05) is 7.05 Å². The monoisotopic (exact) mass is 327 g/mol. The minimum absolute atomic E-state index is 0.218. The zero-order valence-corrected chi connectivity index (χ0v) is 13.3. The van der Waals surface area contributed by atoms with Crippen LogP contribution in [0.3, 0.4) is 0 Å². The zero-order valence-electron chi connectivity index (χ0n) is 11.7. The highest BCUT2D eigenvalue weighted by Gasteiger charge is 2.32. The van der Waals surface area contributed by atoms with Crippen LogP contribution in [-0.2, 0) is 24.7 Å². The number of Topliss-reactive ketones (excluding diaryl/α,β-unsaturated/α-hetero) is 1. The Labute approximate surface area is 122 Å². The van der Waals surface area contributed by atoms with E-state index in [9.17, 15) is 4.79 Å². The van der Waals surface area contributed by atoms with Crippen molar-refractivity contribution in [1.82, 2.24) is 9.78 Å². The summed E-state index contributed by atoms with van der Waals surface area (Å²) in [6, 6.07) is 0. The van der Waals surface area contributed by atoms with Gasteiger partial charge in [0.05, 0.1) is 15.9 Å². The van der Waals surface area contributed by atoms with Crippen molar-refractivity contribution < 1.29 is 4.79 Å². The Morgan fingerprint density at radius 1 is 1.47 bits per heavy atom. The van der Waals surface area contributed by atoms with Crippen LogP contribution < -0.4 is 5.73 Å². The molecule has 1 aromatic heterocycles. The first-order valence-corrected chi connectivity index (χ1v) is 7.75. The van der Waals surface area contributed by atoms with Crippen molar-refractivity contribution in [2.75, 3.05) is 0 Å². The van der Waals surface area contributed by atoms with E-state index in [2.05, 4.69) is 28.0 Å². The molecule has 0 aliphatic heterocycles. The van der Waals surface area contributed by atoms with Gasteiger partial charge in [0.1, 0.15) is 5.78 Å². The van der Waals surface area contributed by atoms with Crippen LogP contribution in [-0.4, -0.2) is 21.1 Å². The quantitative estimate of drug-likeness (QED) is 0.903. The smallest absolute Gasteiger partial charge is 0.140 e. The van der Waals surface area contributed by atoms with Crippen molar-refractivity contribution in [1.29, 1.82) is 0 Å². The van der Waals surface area contributed by atoms with Crippen molar-refractivity contribution in [3.8, 4) is 0 Å². The number of hydrogen-bond acceptors (Lipinski definition) is 3. The van der Waals surface area contributed by atoms with Gasteiger partial charge >= 0.3 is 0 Å². The number of rotatable bonds is 5. The lowest BCUT2D eigenvalue weighted by molar-refractivity contribution is -0.119.